The van der Waals surface area contributed by atoms with Crippen molar-refractivity contribution < 1.29 is 8.78 Å². The van der Waals surface area contributed by atoms with Crippen LogP contribution in [0.15, 0.2) is 40.8 Å². The Morgan fingerprint density at radius 2 is 1.75 bits per heavy atom. The highest BCUT2D eigenvalue weighted by Gasteiger charge is 2.11. The van der Waals surface area contributed by atoms with Crippen molar-refractivity contribution in [2.24, 2.45) is 0 Å². The van der Waals surface area contributed by atoms with Crippen LogP contribution in [0.3, 0.4) is 0 Å². The monoisotopic (exact) mass is 389 g/mol. The molecule has 0 radical (unpaired) electrons. The Labute approximate surface area is 168 Å². The topological polar surface area (TPSA) is 23.8 Å². The van der Waals surface area contributed by atoms with Crippen molar-refractivity contribution in [2.75, 3.05) is 0 Å². The lowest BCUT2D eigenvalue weighted by molar-refractivity contribution is 0.540. The third-order valence-corrected chi connectivity index (χ3v) is 4.94. The molecule has 0 atom stereocenters. The van der Waals surface area contributed by atoms with Gasteiger partial charge in [0.15, 0.2) is 0 Å². The number of hydrogen-bond donors (Lipinski definition) is 0. The van der Waals surface area contributed by atoms with Gasteiger partial charge < -0.3 is 0 Å². The molecule has 0 heterocycles. The van der Waals surface area contributed by atoms with Crippen molar-refractivity contribution in [3.05, 3.63) is 69.8 Å². The molecule has 0 aromatic heterocycles. The highest BCUT2D eigenvalue weighted by atomic mass is 32.2. The Morgan fingerprint density at radius 3 is 2.46 bits per heavy atom. The maximum absolute atomic E-state index is 13.9. The van der Waals surface area contributed by atoms with E-state index in [9.17, 15) is 8.78 Å². The van der Waals surface area contributed by atoms with E-state index in [2.05, 4.69) is 36.7 Å². The Hall–Kier alpha value is -3.00. The lowest BCUT2D eigenvalue weighted by Gasteiger charge is -2.13. The second kappa shape index (κ2) is 9.27. The summed E-state index contributed by atoms with van der Waals surface area (Å²) in [6.07, 6.45) is 5.91. The molecule has 1 nitrogen and oxygen atoms in total. The van der Waals surface area contributed by atoms with Crippen LogP contribution in [-0.4, -0.2) is 0 Å². The second-order valence-corrected chi connectivity index (χ2v) is 7.14. The van der Waals surface area contributed by atoms with Crippen LogP contribution in [0.1, 0.15) is 48.4 Å². The van der Waals surface area contributed by atoms with E-state index in [1.807, 2.05) is 18.2 Å². The first-order valence-corrected chi connectivity index (χ1v) is 9.81. The zero-order valence-corrected chi connectivity index (χ0v) is 16.2. The largest absolute Gasteiger partial charge is 0.206 e. The quantitative estimate of drug-likeness (QED) is 0.354. The fraction of sp³-hybridized carbons (Fsp3) is 0.208. The summed E-state index contributed by atoms with van der Waals surface area (Å²) in [7, 11) is 0. The van der Waals surface area contributed by atoms with E-state index in [0.717, 1.165) is 54.5 Å². The van der Waals surface area contributed by atoms with Crippen LogP contribution >= 0.6 is 11.8 Å². The van der Waals surface area contributed by atoms with Crippen molar-refractivity contribution in [1.29, 1.82) is 5.26 Å². The third-order valence-electron chi connectivity index (χ3n) is 4.26. The molecule has 0 bridgehead atoms. The molecular formula is C24H17F2NS. The number of halogens is 2. The van der Waals surface area contributed by atoms with Gasteiger partial charge in [0.25, 0.3) is 0 Å². The number of hydrogen-bond acceptors (Lipinski definition) is 2. The average molecular weight is 389 g/mol. The zero-order chi connectivity index (χ0) is 19.9. The van der Waals surface area contributed by atoms with Gasteiger partial charge in [-0.15, -0.1) is 0 Å². The molecule has 1 aliphatic rings. The first kappa shape index (κ1) is 19.8. The van der Waals surface area contributed by atoms with Crippen LogP contribution < -0.4 is 0 Å². The van der Waals surface area contributed by atoms with Crippen molar-refractivity contribution in [1.82, 2.24) is 0 Å². The molecule has 4 heteroatoms. The molecule has 0 amide bonds. The van der Waals surface area contributed by atoms with Gasteiger partial charge in [0.05, 0.1) is 4.90 Å². The lowest BCUT2D eigenvalue weighted by atomic mass is 9.91. The molecule has 2 aromatic carbocycles. The molecule has 2 aromatic rings. The van der Waals surface area contributed by atoms with Gasteiger partial charge in [-0.25, -0.2) is 8.78 Å². The van der Waals surface area contributed by atoms with Gasteiger partial charge in [-0.05, 0) is 72.5 Å². The van der Waals surface area contributed by atoms with Gasteiger partial charge in [-0.2, -0.15) is 5.26 Å². The normalized spacial score (nSPS) is 11.9. The molecule has 28 heavy (non-hydrogen) atoms. The number of fused-ring (bicyclic) bond motifs is 1. The number of rotatable bonds is 2. The summed E-state index contributed by atoms with van der Waals surface area (Å²) in [4.78, 5) is -0.300. The van der Waals surface area contributed by atoms with Crippen LogP contribution in [0.25, 0.3) is 6.08 Å². The SMILES string of the molecule is CCCC#CC1=Cc2ccc(C#Cc3cc(F)c(SC#N)c(F)c3)cc2CC1. The number of allylic oxidation sites excluding steroid dienone is 1. The van der Waals surface area contributed by atoms with Crippen molar-refractivity contribution >= 4 is 17.8 Å². The minimum Gasteiger partial charge on any atom is -0.206 e. The summed E-state index contributed by atoms with van der Waals surface area (Å²) in [5.74, 6) is 10.6. The summed E-state index contributed by atoms with van der Waals surface area (Å²) in [6.45, 7) is 2.12. The molecule has 0 fully saturated rings. The highest BCUT2D eigenvalue weighted by molar-refractivity contribution is 8.03. The molecule has 0 N–H and O–H groups in total. The van der Waals surface area contributed by atoms with Crippen molar-refractivity contribution in [2.45, 2.75) is 37.5 Å². The molecule has 0 saturated carbocycles. The fourth-order valence-electron chi connectivity index (χ4n) is 2.89. The van der Waals surface area contributed by atoms with Gasteiger partial charge in [-0.3, -0.25) is 0 Å². The van der Waals surface area contributed by atoms with E-state index < -0.39 is 11.6 Å². The molecule has 138 valence electrons. The third kappa shape index (κ3) is 4.83. The van der Waals surface area contributed by atoms with Gasteiger partial charge in [0.1, 0.15) is 17.0 Å². The first-order valence-electron chi connectivity index (χ1n) is 9.00. The van der Waals surface area contributed by atoms with Crippen LogP contribution in [0.2, 0.25) is 0 Å². The smallest absolute Gasteiger partial charge is 0.142 e. The minimum atomic E-state index is -0.775. The molecule has 0 saturated heterocycles. The van der Waals surface area contributed by atoms with E-state index in [4.69, 9.17) is 5.26 Å². The van der Waals surface area contributed by atoms with Crippen molar-refractivity contribution in [3.63, 3.8) is 0 Å². The van der Waals surface area contributed by atoms with E-state index >= 15 is 0 Å². The van der Waals surface area contributed by atoms with Gasteiger partial charge in [-0.1, -0.05) is 36.7 Å². The number of nitriles is 1. The van der Waals surface area contributed by atoms with Crippen LogP contribution in [0.4, 0.5) is 8.78 Å². The number of thiocyanates is 1. The van der Waals surface area contributed by atoms with Crippen LogP contribution in [-0.2, 0) is 6.42 Å². The predicted octanol–water partition coefficient (Wildman–Crippen LogP) is 6.07. The van der Waals surface area contributed by atoms with Crippen LogP contribution in [0, 0.1) is 46.0 Å². The lowest BCUT2D eigenvalue weighted by Crippen LogP contribution is -1.99. The summed E-state index contributed by atoms with van der Waals surface area (Å²) in [5.41, 5.74) is 4.53. The molecule has 1 aliphatic carbocycles. The van der Waals surface area contributed by atoms with Crippen molar-refractivity contribution in [3.8, 4) is 29.1 Å². The Morgan fingerprint density at radius 1 is 1.00 bits per heavy atom. The van der Waals surface area contributed by atoms with Gasteiger partial charge in [0, 0.05) is 23.1 Å². The number of thioether (sulfide) groups is 1. The van der Waals surface area contributed by atoms with E-state index in [1.165, 1.54) is 5.56 Å². The zero-order valence-electron chi connectivity index (χ0n) is 15.4. The second-order valence-electron chi connectivity index (χ2n) is 6.35. The van der Waals surface area contributed by atoms with Gasteiger partial charge in [0.2, 0.25) is 0 Å². The minimum absolute atomic E-state index is 0.239. The summed E-state index contributed by atoms with van der Waals surface area (Å²) in [6, 6.07) is 8.23. The van der Waals surface area contributed by atoms with E-state index in [0.29, 0.717) is 11.8 Å². The Balaban J connectivity index is 1.82. The standard InChI is InChI=1S/C24H17F2NS/c1-2-3-4-5-17-8-10-21-13-18(9-11-20(21)12-17)6-7-19-14-22(25)24(28-16-27)23(26)15-19/h9,11-15H,2-3,8,10H2,1H3. The summed E-state index contributed by atoms with van der Waals surface area (Å²) < 4.78 is 27.8. The first-order chi connectivity index (χ1) is 13.6. The van der Waals surface area contributed by atoms with Crippen LogP contribution in [0.5, 0.6) is 0 Å². The number of benzene rings is 2. The highest BCUT2D eigenvalue weighted by Crippen LogP contribution is 2.26. The average Bonchev–Trinajstić information content (AvgIpc) is 2.69. The maximum atomic E-state index is 13.9. The molecular weight excluding hydrogens is 372 g/mol. The Kier molecular flexibility index (Phi) is 6.54. The summed E-state index contributed by atoms with van der Waals surface area (Å²) in [5, 5.41) is 10.3. The van der Waals surface area contributed by atoms with E-state index in [-0.39, 0.29) is 10.5 Å². The molecule has 3 rings (SSSR count). The summed E-state index contributed by atoms with van der Waals surface area (Å²) >= 11 is 0.466. The number of nitrogens with zero attached hydrogens (tertiary/aromatic N) is 1. The van der Waals surface area contributed by atoms with E-state index in [1.54, 1.807) is 5.40 Å². The molecule has 0 unspecified atom stereocenters. The van der Waals surface area contributed by atoms with Gasteiger partial charge >= 0.3 is 0 Å². The maximum Gasteiger partial charge on any atom is 0.142 e. The molecule has 0 spiro atoms. The predicted molar refractivity (Wildman–Crippen MR) is 109 cm³/mol. The fourth-order valence-corrected chi connectivity index (χ4v) is 3.29. The number of aryl methyl sites for hydroxylation is 1. The number of unbranched alkanes of at least 4 members (excludes halogenated alkanes) is 1. The molecule has 0 aliphatic heterocycles. The Bertz CT molecular complexity index is 1080.